The van der Waals surface area contributed by atoms with Gasteiger partial charge in [0.2, 0.25) is 11.8 Å². The van der Waals surface area contributed by atoms with E-state index in [1.54, 1.807) is 12.1 Å². The summed E-state index contributed by atoms with van der Waals surface area (Å²) in [6, 6.07) is 3.44. The first-order chi connectivity index (χ1) is 12.7. The van der Waals surface area contributed by atoms with Gasteiger partial charge < -0.3 is 15.0 Å². The van der Waals surface area contributed by atoms with Crippen LogP contribution in [0.5, 0.6) is 5.88 Å². The second-order valence-corrected chi connectivity index (χ2v) is 7.32. The molecule has 0 bridgehead atoms. The van der Waals surface area contributed by atoms with Gasteiger partial charge in [-0.25, -0.2) is 4.98 Å². The number of likely N-dealkylation sites (tertiary alicyclic amines) is 1. The standard InChI is InChI=1S/C20H29N3O3/c1-2-21-20(25)16-8-9-18(22-13-16)26-17-10-11-23(14-17)19(24)12-15-6-4-3-5-7-15/h8-9,13,15,17H,2-7,10-12,14H2,1H3,(H,21,25). The van der Waals surface area contributed by atoms with Crippen LogP contribution >= 0.6 is 0 Å². The van der Waals surface area contributed by atoms with Crippen LogP contribution in [0.15, 0.2) is 18.3 Å². The maximum Gasteiger partial charge on any atom is 0.252 e. The van der Waals surface area contributed by atoms with Crippen LogP contribution in [0.3, 0.4) is 0 Å². The number of amides is 2. The summed E-state index contributed by atoms with van der Waals surface area (Å²) < 4.78 is 5.90. The molecular weight excluding hydrogens is 330 g/mol. The van der Waals surface area contributed by atoms with E-state index in [1.165, 1.54) is 38.3 Å². The van der Waals surface area contributed by atoms with E-state index < -0.39 is 0 Å². The minimum atomic E-state index is -0.132. The second-order valence-electron chi connectivity index (χ2n) is 7.32. The first kappa shape index (κ1) is 18.7. The maximum atomic E-state index is 12.5. The van der Waals surface area contributed by atoms with Crippen molar-refractivity contribution < 1.29 is 14.3 Å². The topological polar surface area (TPSA) is 71.5 Å². The number of rotatable bonds is 6. The lowest BCUT2D eigenvalue weighted by atomic mass is 9.87. The van der Waals surface area contributed by atoms with Gasteiger partial charge in [-0.15, -0.1) is 0 Å². The molecule has 6 heteroatoms. The summed E-state index contributed by atoms with van der Waals surface area (Å²) in [4.78, 5) is 30.4. The molecule has 2 fully saturated rings. The van der Waals surface area contributed by atoms with Gasteiger partial charge >= 0.3 is 0 Å². The predicted octanol–water partition coefficient (Wildman–Crippen LogP) is 2.78. The number of carbonyl (C=O) groups is 2. The molecule has 2 aliphatic rings. The summed E-state index contributed by atoms with van der Waals surface area (Å²) in [5, 5.41) is 2.74. The third-order valence-electron chi connectivity index (χ3n) is 5.31. The van der Waals surface area contributed by atoms with Crippen molar-refractivity contribution in [1.29, 1.82) is 0 Å². The van der Waals surface area contributed by atoms with Gasteiger partial charge in [-0.05, 0) is 31.7 Å². The van der Waals surface area contributed by atoms with Gasteiger partial charge in [0.05, 0.1) is 12.1 Å². The number of ether oxygens (including phenoxy) is 1. The fourth-order valence-electron chi connectivity index (χ4n) is 3.84. The van der Waals surface area contributed by atoms with Gasteiger partial charge in [0.15, 0.2) is 0 Å². The molecule has 1 N–H and O–H groups in total. The molecule has 2 heterocycles. The van der Waals surface area contributed by atoms with Crippen molar-refractivity contribution in [2.75, 3.05) is 19.6 Å². The summed E-state index contributed by atoms with van der Waals surface area (Å²) >= 11 is 0. The zero-order chi connectivity index (χ0) is 18.4. The summed E-state index contributed by atoms with van der Waals surface area (Å²) in [6.45, 7) is 3.85. The molecule has 0 spiro atoms. The van der Waals surface area contributed by atoms with Crippen LogP contribution in [0.2, 0.25) is 0 Å². The molecule has 142 valence electrons. The number of aromatic nitrogens is 1. The van der Waals surface area contributed by atoms with Crippen molar-refractivity contribution in [3.63, 3.8) is 0 Å². The molecule has 1 aromatic heterocycles. The van der Waals surface area contributed by atoms with E-state index in [9.17, 15) is 9.59 Å². The Balaban J connectivity index is 1.46. The van der Waals surface area contributed by atoms with E-state index in [0.717, 1.165) is 13.0 Å². The van der Waals surface area contributed by atoms with Gasteiger partial charge in [-0.3, -0.25) is 9.59 Å². The van der Waals surface area contributed by atoms with Crippen LogP contribution in [-0.4, -0.2) is 47.4 Å². The highest BCUT2D eigenvalue weighted by molar-refractivity contribution is 5.93. The van der Waals surface area contributed by atoms with E-state index in [-0.39, 0.29) is 17.9 Å². The van der Waals surface area contributed by atoms with Crippen molar-refractivity contribution in [2.45, 2.75) is 58.0 Å². The van der Waals surface area contributed by atoms with E-state index in [4.69, 9.17) is 4.74 Å². The average Bonchev–Trinajstić information content (AvgIpc) is 3.12. The van der Waals surface area contributed by atoms with Crippen molar-refractivity contribution in [3.05, 3.63) is 23.9 Å². The van der Waals surface area contributed by atoms with Crippen molar-refractivity contribution in [1.82, 2.24) is 15.2 Å². The Hall–Kier alpha value is -2.11. The zero-order valence-corrected chi connectivity index (χ0v) is 15.6. The first-order valence-electron chi connectivity index (χ1n) is 9.84. The predicted molar refractivity (Wildman–Crippen MR) is 99.0 cm³/mol. The van der Waals surface area contributed by atoms with Gasteiger partial charge in [0, 0.05) is 38.2 Å². The Morgan fingerprint density at radius 1 is 1.23 bits per heavy atom. The fraction of sp³-hybridized carbons (Fsp3) is 0.650. The van der Waals surface area contributed by atoms with Crippen LogP contribution in [0.25, 0.3) is 0 Å². The molecular formula is C20H29N3O3. The van der Waals surface area contributed by atoms with Crippen molar-refractivity contribution in [3.8, 4) is 5.88 Å². The quantitative estimate of drug-likeness (QED) is 0.848. The molecule has 1 unspecified atom stereocenters. The van der Waals surface area contributed by atoms with Crippen molar-refractivity contribution >= 4 is 11.8 Å². The smallest absolute Gasteiger partial charge is 0.252 e. The maximum absolute atomic E-state index is 12.5. The molecule has 0 aromatic carbocycles. The minimum absolute atomic E-state index is 0.0203. The van der Waals surface area contributed by atoms with Gasteiger partial charge in [-0.1, -0.05) is 19.3 Å². The highest BCUT2D eigenvalue weighted by Gasteiger charge is 2.29. The number of hydrogen-bond donors (Lipinski definition) is 1. The molecule has 0 radical (unpaired) electrons. The molecule has 3 rings (SSSR count). The zero-order valence-electron chi connectivity index (χ0n) is 15.6. The van der Waals surface area contributed by atoms with Crippen molar-refractivity contribution in [2.24, 2.45) is 5.92 Å². The highest BCUT2D eigenvalue weighted by Crippen LogP contribution is 2.27. The molecule has 1 saturated heterocycles. The lowest BCUT2D eigenvalue weighted by Crippen LogP contribution is -2.32. The van der Waals surface area contributed by atoms with Crippen LogP contribution in [0.1, 0.15) is 62.2 Å². The Morgan fingerprint density at radius 3 is 2.73 bits per heavy atom. The number of hydrogen-bond acceptors (Lipinski definition) is 4. The second kappa shape index (κ2) is 9.01. The van der Waals surface area contributed by atoms with Gasteiger partial charge in [0.1, 0.15) is 6.10 Å². The molecule has 1 aliphatic carbocycles. The van der Waals surface area contributed by atoms with Gasteiger partial charge in [0.25, 0.3) is 5.91 Å². The summed E-state index contributed by atoms with van der Waals surface area (Å²) in [6.07, 6.45) is 9.26. The third-order valence-corrected chi connectivity index (χ3v) is 5.31. The molecule has 26 heavy (non-hydrogen) atoms. The molecule has 6 nitrogen and oxygen atoms in total. The van der Waals surface area contributed by atoms with Crippen LogP contribution < -0.4 is 10.1 Å². The summed E-state index contributed by atoms with van der Waals surface area (Å²) in [5.74, 6) is 1.21. The monoisotopic (exact) mass is 359 g/mol. The van der Waals surface area contributed by atoms with Gasteiger partial charge in [-0.2, -0.15) is 0 Å². The number of nitrogens with one attached hydrogen (secondary N) is 1. The largest absolute Gasteiger partial charge is 0.472 e. The molecule has 1 aromatic rings. The third kappa shape index (κ3) is 4.96. The Bertz CT molecular complexity index is 611. The molecule has 2 amide bonds. The molecule has 1 atom stereocenters. The lowest BCUT2D eigenvalue weighted by Gasteiger charge is -2.24. The number of pyridine rings is 1. The van der Waals surface area contributed by atoms with Crippen LogP contribution in [0.4, 0.5) is 0 Å². The number of carbonyl (C=O) groups excluding carboxylic acids is 2. The van der Waals surface area contributed by atoms with E-state index in [0.29, 0.717) is 36.9 Å². The summed E-state index contributed by atoms with van der Waals surface area (Å²) in [7, 11) is 0. The lowest BCUT2D eigenvalue weighted by molar-refractivity contribution is -0.131. The molecule has 1 saturated carbocycles. The minimum Gasteiger partial charge on any atom is -0.472 e. The Kier molecular flexibility index (Phi) is 6.47. The van der Waals surface area contributed by atoms with E-state index in [1.807, 2.05) is 11.8 Å². The molecule has 1 aliphatic heterocycles. The Morgan fingerprint density at radius 2 is 2.04 bits per heavy atom. The first-order valence-corrected chi connectivity index (χ1v) is 9.84. The SMILES string of the molecule is CCNC(=O)c1ccc(OC2CCN(C(=O)CC3CCCCC3)C2)nc1. The Labute approximate surface area is 155 Å². The van der Waals surface area contributed by atoms with E-state index >= 15 is 0 Å². The average molecular weight is 359 g/mol. The van der Waals surface area contributed by atoms with Crippen LogP contribution in [-0.2, 0) is 4.79 Å². The van der Waals surface area contributed by atoms with E-state index in [2.05, 4.69) is 10.3 Å². The number of nitrogens with zero attached hydrogens (tertiary/aromatic N) is 2. The fourth-order valence-corrected chi connectivity index (χ4v) is 3.84. The van der Waals surface area contributed by atoms with Crippen LogP contribution in [0, 0.1) is 5.92 Å². The highest BCUT2D eigenvalue weighted by atomic mass is 16.5. The normalized spacial score (nSPS) is 20.8. The summed E-state index contributed by atoms with van der Waals surface area (Å²) in [5.41, 5.74) is 0.523.